The van der Waals surface area contributed by atoms with Gasteiger partial charge in [0.2, 0.25) is 0 Å². The molecule has 0 bridgehead atoms. The molecule has 1 aromatic heterocycles. The maximum atomic E-state index is 10.5. The van der Waals surface area contributed by atoms with Crippen LogP contribution in [0.3, 0.4) is 0 Å². The average Bonchev–Trinajstić information content (AvgIpc) is 2.32. The second kappa shape index (κ2) is 3.08. The lowest BCUT2D eigenvalue weighted by molar-refractivity contribution is 0.259. The van der Waals surface area contributed by atoms with Gasteiger partial charge in [0.05, 0.1) is 0 Å². The van der Waals surface area contributed by atoms with Crippen LogP contribution in [0, 0.1) is 0 Å². The lowest BCUT2D eigenvalue weighted by Gasteiger charge is -2.14. The van der Waals surface area contributed by atoms with E-state index in [1.165, 1.54) is 0 Å². The number of hydrogen-bond acceptors (Lipinski definition) is 2. The first-order chi connectivity index (χ1) is 5.89. The molecule has 0 unspecified atom stereocenters. The predicted molar refractivity (Wildman–Crippen MR) is 50.5 cm³/mol. The van der Waals surface area contributed by atoms with Crippen LogP contribution < -0.4 is 11.1 Å². The summed E-state index contributed by atoms with van der Waals surface area (Å²) in [5.74, 6) is 0.456. The summed E-state index contributed by atoms with van der Waals surface area (Å²) in [6.45, 7) is 6.15. The van der Waals surface area contributed by atoms with Crippen LogP contribution in [0.15, 0.2) is 6.07 Å². The third-order valence-electron chi connectivity index (χ3n) is 1.64. The van der Waals surface area contributed by atoms with Crippen LogP contribution in [0.5, 0.6) is 0 Å². The number of rotatable bonds is 1. The Labute approximate surface area is 76.7 Å². The van der Waals surface area contributed by atoms with Crippen molar-refractivity contribution in [2.45, 2.75) is 26.2 Å². The van der Waals surface area contributed by atoms with E-state index in [0.29, 0.717) is 5.82 Å². The van der Waals surface area contributed by atoms with Crippen molar-refractivity contribution in [2.75, 3.05) is 5.32 Å². The molecule has 0 saturated heterocycles. The van der Waals surface area contributed by atoms with Gasteiger partial charge in [-0.15, -0.1) is 0 Å². The number of carbonyl (C=O) groups excluding carboxylic acids is 1. The molecule has 0 fully saturated rings. The molecule has 72 valence electrons. The molecular weight excluding hydrogens is 168 g/mol. The number of nitrogens with two attached hydrogens (primary N) is 1. The lowest BCUT2D eigenvalue weighted by Crippen LogP contribution is -2.19. The summed E-state index contributed by atoms with van der Waals surface area (Å²) in [5, 5.41) is 9.11. The zero-order valence-electron chi connectivity index (χ0n) is 8.01. The van der Waals surface area contributed by atoms with Crippen molar-refractivity contribution < 1.29 is 4.79 Å². The van der Waals surface area contributed by atoms with E-state index in [9.17, 15) is 4.79 Å². The largest absolute Gasteiger partial charge is 0.351 e. The molecule has 0 aliphatic rings. The first kappa shape index (κ1) is 9.57. The normalized spacial score (nSPS) is 11.3. The third-order valence-corrected chi connectivity index (χ3v) is 1.64. The van der Waals surface area contributed by atoms with Crippen molar-refractivity contribution in [1.29, 1.82) is 0 Å². The molecule has 0 aromatic carbocycles. The number of anilines is 1. The fraction of sp³-hybridized carbons (Fsp3) is 0.500. The van der Waals surface area contributed by atoms with Gasteiger partial charge in [-0.2, -0.15) is 5.10 Å². The van der Waals surface area contributed by atoms with E-state index >= 15 is 0 Å². The topological polar surface area (TPSA) is 83.8 Å². The van der Waals surface area contributed by atoms with Gasteiger partial charge < -0.3 is 5.73 Å². The first-order valence-corrected chi connectivity index (χ1v) is 4.02. The molecule has 5 heteroatoms. The van der Waals surface area contributed by atoms with E-state index in [0.717, 1.165) is 5.69 Å². The molecule has 4 N–H and O–H groups in total. The number of carbonyl (C=O) groups is 1. The Hall–Kier alpha value is -1.52. The highest BCUT2D eigenvalue weighted by molar-refractivity contribution is 5.86. The van der Waals surface area contributed by atoms with Crippen molar-refractivity contribution in [3.05, 3.63) is 11.8 Å². The molecule has 2 amide bonds. The Balaban J connectivity index is 2.81. The van der Waals surface area contributed by atoms with Crippen LogP contribution in [0.4, 0.5) is 10.6 Å². The number of nitrogens with one attached hydrogen (secondary N) is 2. The number of H-pyrrole nitrogens is 1. The summed E-state index contributed by atoms with van der Waals surface area (Å²) in [6.07, 6.45) is 0. The fourth-order valence-corrected chi connectivity index (χ4v) is 0.896. The van der Waals surface area contributed by atoms with Crippen molar-refractivity contribution in [3.8, 4) is 0 Å². The van der Waals surface area contributed by atoms with Crippen molar-refractivity contribution in [3.63, 3.8) is 0 Å². The molecule has 1 rings (SSSR count). The maximum Gasteiger partial charge on any atom is 0.317 e. The quantitative estimate of drug-likeness (QED) is 0.609. The number of amides is 2. The SMILES string of the molecule is CC(C)(C)c1cc(NC(N)=O)n[nH]1. The maximum absolute atomic E-state index is 10.5. The minimum atomic E-state index is -0.605. The van der Waals surface area contributed by atoms with Gasteiger partial charge in [-0.05, 0) is 0 Å². The van der Waals surface area contributed by atoms with E-state index in [1.54, 1.807) is 6.07 Å². The van der Waals surface area contributed by atoms with Crippen LogP contribution in [0.2, 0.25) is 0 Å². The van der Waals surface area contributed by atoms with Gasteiger partial charge in [-0.25, -0.2) is 4.79 Å². The molecule has 1 aromatic rings. The fourth-order valence-electron chi connectivity index (χ4n) is 0.896. The molecule has 0 atom stereocenters. The third kappa shape index (κ3) is 2.47. The highest BCUT2D eigenvalue weighted by Crippen LogP contribution is 2.21. The number of nitrogens with zero attached hydrogens (tertiary/aromatic N) is 1. The van der Waals surface area contributed by atoms with Gasteiger partial charge in [-0.3, -0.25) is 10.4 Å². The van der Waals surface area contributed by atoms with E-state index in [1.807, 2.05) is 0 Å². The van der Waals surface area contributed by atoms with Crippen LogP contribution in [0.1, 0.15) is 26.5 Å². The Morgan fingerprint density at radius 3 is 2.62 bits per heavy atom. The number of aromatic amines is 1. The summed E-state index contributed by atoms with van der Waals surface area (Å²) in [5.41, 5.74) is 5.88. The molecule has 1 heterocycles. The number of primary amides is 1. The van der Waals surface area contributed by atoms with Gasteiger partial charge in [0.15, 0.2) is 5.82 Å². The number of aromatic nitrogens is 2. The monoisotopic (exact) mass is 182 g/mol. The minimum absolute atomic E-state index is 0.00935. The van der Waals surface area contributed by atoms with Gasteiger partial charge in [0.1, 0.15) is 0 Å². The second-order valence-corrected chi connectivity index (χ2v) is 3.91. The van der Waals surface area contributed by atoms with E-state index < -0.39 is 6.03 Å². The molecule has 0 spiro atoms. The Morgan fingerprint density at radius 2 is 2.23 bits per heavy atom. The van der Waals surface area contributed by atoms with Crippen LogP contribution >= 0.6 is 0 Å². The summed E-state index contributed by atoms with van der Waals surface area (Å²) in [6, 6.07) is 1.16. The summed E-state index contributed by atoms with van der Waals surface area (Å²) < 4.78 is 0. The summed E-state index contributed by atoms with van der Waals surface area (Å²) in [7, 11) is 0. The number of hydrogen-bond donors (Lipinski definition) is 3. The standard InChI is InChI=1S/C8H14N4O/c1-8(2,3)5-4-6(12-11-5)10-7(9)13/h4H,1-3H3,(H4,9,10,11,12,13). The van der Waals surface area contributed by atoms with Crippen molar-refractivity contribution >= 4 is 11.8 Å². The van der Waals surface area contributed by atoms with E-state index in [2.05, 4.69) is 36.3 Å². The minimum Gasteiger partial charge on any atom is -0.351 e. The smallest absolute Gasteiger partial charge is 0.317 e. The molecule has 13 heavy (non-hydrogen) atoms. The Bertz CT molecular complexity index is 310. The molecular formula is C8H14N4O. The Kier molecular flexibility index (Phi) is 2.27. The highest BCUT2D eigenvalue weighted by atomic mass is 16.2. The van der Waals surface area contributed by atoms with E-state index in [-0.39, 0.29) is 5.41 Å². The van der Waals surface area contributed by atoms with Gasteiger partial charge in [0, 0.05) is 17.2 Å². The average molecular weight is 182 g/mol. The summed E-state index contributed by atoms with van der Waals surface area (Å²) >= 11 is 0. The molecule has 0 radical (unpaired) electrons. The van der Waals surface area contributed by atoms with Crippen LogP contribution in [0.25, 0.3) is 0 Å². The van der Waals surface area contributed by atoms with Gasteiger partial charge >= 0.3 is 6.03 Å². The molecule has 0 aliphatic carbocycles. The van der Waals surface area contributed by atoms with Gasteiger partial charge in [-0.1, -0.05) is 20.8 Å². The Morgan fingerprint density at radius 1 is 1.62 bits per heavy atom. The predicted octanol–water partition coefficient (Wildman–Crippen LogP) is 1.20. The van der Waals surface area contributed by atoms with E-state index in [4.69, 9.17) is 5.73 Å². The zero-order chi connectivity index (χ0) is 10.1. The van der Waals surface area contributed by atoms with Crippen molar-refractivity contribution in [1.82, 2.24) is 10.2 Å². The van der Waals surface area contributed by atoms with Crippen LogP contribution in [-0.4, -0.2) is 16.2 Å². The molecule has 0 saturated carbocycles. The molecule has 5 nitrogen and oxygen atoms in total. The molecule has 0 aliphatic heterocycles. The lowest BCUT2D eigenvalue weighted by atomic mass is 9.92. The highest BCUT2D eigenvalue weighted by Gasteiger charge is 2.16. The second-order valence-electron chi connectivity index (χ2n) is 3.91. The number of urea groups is 1. The van der Waals surface area contributed by atoms with Gasteiger partial charge in [0.25, 0.3) is 0 Å². The zero-order valence-corrected chi connectivity index (χ0v) is 8.01. The van der Waals surface area contributed by atoms with Crippen molar-refractivity contribution in [2.24, 2.45) is 5.73 Å². The summed E-state index contributed by atoms with van der Waals surface area (Å²) in [4.78, 5) is 10.5. The first-order valence-electron chi connectivity index (χ1n) is 4.02. The van der Waals surface area contributed by atoms with Crippen LogP contribution in [-0.2, 0) is 5.41 Å².